The summed E-state index contributed by atoms with van der Waals surface area (Å²) in [5.41, 5.74) is -0.767. The molecule has 40 heavy (non-hydrogen) atoms. The third-order valence-electron chi connectivity index (χ3n) is 7.20. The van der Waals surface area contributed by atoms with Gasteiger partial charge in [-0.05, 0) is 49.2 Å². The van der Waals surface area contributed by atoms with Gasteiger partial charge in [0.05, 0.1) is 11.1 Å². The van der Waals surface area contributed by atoms with Gasteiger partial charge in [-0.25, -0.2) is 0 Å². The predicted octanol–water partition coefficient (Wildman–Crippen LogP) is 6.97. The average molecular weight is 547 g/mol. The van der Waals surface area contributed by atoms with Crippen LogP contribution in [0.25, 0.3) is 32.7 Å². The molecule has 0 fully saturated rings. The Morgan fingerprint density at radius 2 is 0.800 bits per heavy atom. The molecule has 0 unspecified atom stereocenters. The lowest BCUT2D eigenvalue weighted by atomic mass is 9.81. The van der Waals surface area contributed by atoms with Crippen LogP contribution in [-0.4, -0.2) is 42.2 Å². The molecule has 0 saturated heterocycles. The Morgan fingerprint density at radius 1 is 0.500 bits per heavy atom. The van der Waals surface area contributed by atoms with E-state index >= 15 is 0 Å². The van der Waals surface area contributed by atoms with Gasteiger partial charge >= 0.3 is 0 Å². The molecule has 0 amide bonds. The van der Waals surface area contributed by atoms with Gasteiger partial charge in [-0.2, -0.15) is 0 Å². The molecule has 0 radical (unpaired) electrons. The van der Waals surface area contributed by atoms with Gasteiger partial charge in [0.1, 0.15) is 11.5 Å². The summed E-state index contributed by atoms with van der Waals surface area (Å²) in [5.74, 6) is -3.92. The van der Waals surface area contributed by atoms with Crippen molar-refractivity contribution in [2.75, 3.05) is 0 Å². The van der Waals surface area contributed by atoms with Gasteiger partial charge in [0.25, 0.3) is 0 Å². The van der Waals surface area contributed by atoms with Gasteiger partial charge in [-0.15, -0.1) is 0 Å². The zero-order valence-electron chi connectivity index (χ0n) is 23.8. The maximum Gasteiger partial charge on any atom is 0.172 e. The molecular formula is C32H34O8. The number of phenols is 6. The van der Waals surface area contributed by atoms with Crippen LogP contribution in [0.1, 0.15) is 73.4 Å². The van der Waals surface area contributed by atoms with E-state index in [-0.39, 0.29) is 55.3 Å². The zero-order valence-corrected chi connectivity index (χ0v) is 23.8. The van der Waals surface area contributed by atoms with E-state index in [1.165, 1.54) is 0 Å². The molecule has 4 rings (SSSR count). The van der Waals surface area contributed by atoms with Crippen molar-refractivity contribution < 1.29 is 40.2 Å². The van der Waals surface area contributed by atoms with Crippen LogP contribution in [0.4, 0.5) is 0 Å². The molecule has 4 aromatic carbocycles. The van der Waals surface area contributed by atoms with Crippen LogP contribution < -0.4 is 0 Å². The number of fused-ring (bicyclic) bond motifs is 2. The van der Waals surface area contributed by atoms with Gasteiger partial charge in [0, 0.05) is 43.5 Å². The number of aryl methyl sites for hydroxylation is 2. The smallest absolute Gasteiger partial charge is 0.172 e. The van der Waals surface area contributed by atoms with Crippen molar-refractivity contribution in [2.45, 2.75) is 55.4 Å². The van der Waals surface area contributed by atoms with Crippen LogP contribution in [0.2, 0.25) is 0 Å². The lowest BCUT2D eigenvalue weighted by Crippen LogP contribution is -2.20. The van der Waals surface area contributed by atoms with Gasteiger partial charge < -0.3 is 30.6 Å². The molecule has 0 aliphatic carbocycles. The summed E-state index contributed by atoms with van der Waals surface area (Å²) < 4.78 is 0. The molecule has 8 heteroatoms. The summed E-state index contributed by atoms with van der Waals surface area (Å²) in [6.07, 6.45) is 0. The van der Waals surface area contributed by atoms with Crippen molar-refractivity contribution in [1.82, 2.24) is 0 Å². The molecule has 210 valence electrons. The van der Waals surface area contributed by atoms with Crippen molar-refractivity contribution >= 4 is 33.1 Å². The summed E-state index contributed by atoms with van der Waals surface area (Å²) in [6.45, 7) is 13.4. The number of carbonyl (C=O) groups is 2. The lowest BCUT2D eigenvalue weighted by Gasteiger charge is -2.23. The first-order valence-electron chi connectivity index (χ1n) is 12.8. The Morgan fingerprint density at radius 3 is 1.07 bits per heavy atom. The third-order valence-corrected chi connectivity index (χ3v) is 7.20. The second kappa shape index (κ2) is 9.05. The fourth-order valence-corrected chi connectivity index (χ4v) is 5.10. The fourth-order valence-electron chi connectivity index (χ4n) is 5.10. The molecule has 0 spiro atoms. The van der Waals surface area contributed by atoms with E-state index in [2.05, 4.69) is 0 Å². The maximum atomic E-state index is 13.2. The Labute approximate surface area is 231 Å². The number of rotatable bonds is 3. The highest BCUT2D eigenvalue weighted by Crippen LogP contribution is 2.51. The fraction of sp³-hybridized carbons (Fsp3) is 0.312. The van der Waals surface area contributed by atoms with Gasteiger partial charge in [-0.3, -0.25) is 9.59 Å². The van der Waals surface area contributed by atoms with E-state index in [1.54, 1.807) is 67.5 Å². The largest absolute Gasteiger partial charge is 0.507 e. The minimum absolute atomic E-state index is 0.0829. The molecule has 0 saturated carbocycles. The normalized spacial score (nSPS) is 12.3. The van der Waals surface area contributed by atoms with Crippen molar-refractivity contribution in [1.29, 1.82) is 0 Å². The molecule has 0 aliphatic heterocycles. The molecule has 0 aromatic heterocycles. The first kappa shape index (κ1) is 28.5. The van der Waals surface area contributed by atoms with Gasteiger partial charge in [-0.1, -0.05) is 41.5 Å². The van der Waals surface area contributed by atoms with Crippen LogP contribution in [0.3, 0.4) is 0 Å². The summed E-state index contributed by atoms with van der Waals surface area (Å²) in [4.78, 5) is 26.5. The standard InChI is InChI=1S/C32H34O8/c1-13-9-15-17(11-19(33)27(37)23(15)29(39)31(3,4)5)25(35)21(13)22-14(2)10-16-18(26(22)36)12-20(34)28(38)24(16)30(40)32(6,7)8/h9-12,33-38H,1-8H3. The average Bonchev–Trinajstić information content (AvgIpc) is 2.82. The highest BCUT2D eigenvalue weighted by Gasteiger charge is 2.33. The van der Waals surface area contributed by atoms with Crippen LogP contribution in [0.5, 0.6) is 34.5 Å². The summed E-state index contributed by atoms with van der Waals surface area (Å²) in [5, 5.41) is 65.8. The molecule has 0 bridgehead atoms. The minimum atomic E-state index is -0.899. The number of hydrogen-bond donors (Lipinski definition) is 6. The molecule has 6 N–H and O–H groups in total. The second-order valence-electron chi connectivity index (χ2n) is 12.4. The zero-order chi connectivity index (χ0) is 30.2. The number of carbonyl (C=O) groups excluding carboxylic acids is 2. The number of phenolic OH excluding ortho intramolecular Hbond substituents is 6. The van der Waals surface area contributed by atoms with Crippen LogP contribution in [0, 0.1) is 24.7 Å². The Kier molecular flexibility index (Phi) is 6.46. The predicted molar refractivity (Wildman–Crippen MR) is 154 cm³/mol. The van der Waals surface area contributed by atoms with E-state index in [0.717, 1.165) is 12.1 Å². The maximum absolute atomic E-state index is 13.2. The molecule has 4 aromatic rings. The topological polar surface area (TPSA) is 156 Å². The van der Waals surface area contributed by atoms with E-state index in [4.69, 9.17) is 0 Å². The first-order chi connectivity index (χ1) is 18.3. The monoisotopic (exact) mass is 546 g/mol. The number of benzene rings is 4. The van der Waals surface area contributed by atoms with Crippen molar-refractivity contribution in [3.8, 4) is 45.6 Å². The third kappa shape index (κ3) is 4.24. The van der Waals surface area contributed by atoms with Gasteiger partial charge in [0.15, 0.2) is 34.6 Å². The second-order valence-corrected chi connectivity index (χ2v) is 12.4. The highest BCUT2D eigenvalue weighted by atomic mass is 16.3. The van der Waals surface area contributed by atoms with E-state index < -0.39 is 45.4 Å². The van der Waals surface area contributed by atoms with E-state index in [9.17, 15) is 40.2 Å². The van der Waals surface area contributed by atoms with Crippen molar-refractivity contribution in [3.05, 3.63) is 46.5 Å². The van der Waals surface area contributed by atoms with E-state index in [1.807, 2.05) is 0 Å². The molecule has 0 aliphatic rings. The molecular weight excluding hydrogens is 512 g/mol. The number of aromatic hydroxyl groups is 6. The number of Topliss-reactive ketones (excluding diaryl/α,β-unsaturated/α-hetero) is 2. The summed E-state index contributed by atoms with van der Waals surface area (Å²) >= 11 is 0. The summed E-state index contributed by atoms with van der Waals surface area (Å²) in [6, 6.07) is 5.49. The van der Waals surface area contributed by atoms with Crippen LogP contribution in [0.15, 0.2) is 24.3 Å². The van der Waals surface area contributed by atoms with Crippen molar-refractivity contribution in [3.63, 3.8) is 0 Å². The van der Waals surface area contributed by atoms with Crippen LogP contribution in [-0.2, 0) is 0 Å². The minimum Gasteiger partial charge on any atom is -0.507 e. The highest BCUT2D eigenvalue weighted by molar-refractivity contribution is 6.18. The SMILES string of the molecule is Cc1cc2c(C(=O)C(C)(C)C)c(O)c(O)cc2c(O)c1-c1c(C)cc2c(C(=O)C(C)(C)C)c(O)c(O)cc2c1O. The Bertz CT molecular complexity index is 1630. The lowest BCUT2D eigenvalue weighted by molar-refractivity contribution is 0.0850. The number of hydrogen-bond acceptors (Lipinski definition) is 8. The quantitative estimate of drug-likeness (QED) is 0.119. The molecule has 0 heterocycles. The van der Waals surface area contributed by atoms with Gasteiger partial charge in [0.2, 0.25) is 0 Å². The molecule has 8 nitrogen and oxygen atoms in total. The summed E-state index contributed by atoms with van der Waals surface area (Å²) in [7, 11) is 0. The molecule has 0 atom stereocenters. The number of ketones is 2. The Hall–Kier alpha value is -4.46. The Balaban J connectivity index is 2.13. The van der Waals surface area contributed by atoms with Crippen molar-refractivity contribution in [2.24, 2.45) is 10.8 Å². The van der Waals surface area contributed by atoms with E-state index in [0.29, 0.717) is 11.1 Å². The first-order valence-corrected chi connectivity index (χ1v) is 12.8. The van der Waals surface area contributed by atoms with Crippen LogP contribution >= 0.6 is 0 Å².